The van der Waals surface area contributed by atoms with Crippen LogP contribution in [0.3, 0.4) is 0 Å². The fourth-order valence-corrected chi connectivity index (χ4v) is 1.49. The lowest BCUT2D eigenvalue weighted by atomic mass is 9.95. The highest BCUT2D eigenvalue weighted by molar-refractivity contribution is 14.1. The topological polar surface area (TPSA) is 35.5 Å². The number of halogens is 1. The third-order valence-electron chi connectivity index (χ3n) is 2.15. The normalized spacial score (nSPS) is 11.0. The van der Waals surface area contributed by atoms with Gasteiger partial charge in [0.25, 0.3) is 0 Å². The van der Waals surface area contributed by atoms with Gasteiger partial charge in [0.05, 0.1) is 12.5 Å². The Bertz CT molecular complexity index is 357. The van der Waals surface area contributed by atoms with Gasteiger partial charge < -0.3 is 9.47 Å². The van der Waals surface area contributed by atoms with Gasteiger partial charge >= 0.3 is 5.97 Å². The summed E-state index contributed by atoms with van der Waals surface area (Å²) in [4.78, 5) is 11.4. The van der Waals surface area contributed by atoms with Gasteiger partial charge in [-0.2, -0.15) is 0 Å². The zero-order valence-corrected chi connectivity index (χ0v) is 11.8. The van der Waals surface area contributed by atoms with Gasteiger partial charge in [-0.05, 0) is 60.7 Å². The highest BCUT2D eigenvalue weighted by atomic mass is 127. The van der Waals surface area contributed by atoms with Crippen molar-refractivity contribution in [2.45, 2.75) is 13.8 Å². The zero-order chi connectivity index (χ0) is 12.2. The van der Waals surface area contributed by atoms with E-state index in [1.165, 1.54) is 7.11 Å². The van der Waals surface area contributed by atoms with E-state index in [0.29, 0.717) is 6.61 Å². The SMILES string of the molecule is COC(=O)C(C)(C)COc1ccc(I)cc1. The Labute approximate surface area is 109 Å². The summed E-state index contributed by atoms with van der Waals surface area (Å²) >= 11 is 2.23. The first-order valence-electron chi connectivity index (χ1n) is 4.92. The van der Waals surface area contributed by atoms with E-state index < -0.39 is 5.41 Å². The molecule has 0 amide bonds. The summed E-state index contributed by atoms with van der Waals surface area (Å²) in [7, 11) is 1.38. The van der Waals surface area contributed by atoms with Gasteiger partial charge in [-0.1, -0.05) is 0 Å². The fraction of sp³-hybridized carbons (Fsp3) is 0.417. The second kappa shape index (κ2) is 5.52. The molecular formula is C12H15IO3. The maximum absolute atomic E-state index is 11.4. The van der Waals surface area contributed by atoms with Crippen LogP contribution in [0.4, 0.5) is 0 Å². The molecule has 0 atom stereocenters. The molecule has 0 spiro atoms. The maximum Gasteiger partial charge on any atom is 0.314 e. The van der Waals surface area contributed by atoms with E-state index in [1.54, 1.807) is 13.8 Å². The molecule has 0 aromatic heterocycles. The number of rotatable bonds is 4. The van der Waals surface area contributed by atoms with Crippen molar-refractivity contribution in [3.63, 3.8) is 0 Å². The Morgan fingerprint density at radius 2 is 1.88 bits per heavy atom. The maximum atomic E-state index is 11.4. The summed E-state index contributed by atoms with van der Waals surface area (Å²) in [5.41, 5.74) is -0.627. The lowest BCUT2D eigenvalue weighted by molar-refractivity contribution is -0.152. The first-order chi connectivity index (χ1) is 7.45. The molecule has 0 unspecified atom stereocenters. The Morgan fingerprint density at radius 3 is 2.38 bits per heavy atom. The number of hydrogen-bond donors (Lipinski definition) is 0. The minimum Gasteiger partial charge on any atom is -0.492 e. The van der Waals surface area contributed by atoms with Crippen LogP contribution in [-0.2, 0) is 9.53 Å². The van der Waals surface area contributed by atoms with Gasteiger partial charge in [-0.3, -0.25) is 4.79 Å². The first kappa shape index (κ1) is 13.3. The number of hydrogen-bond acceptors (Lipinski definition) is 3. The summed E-state index contributed by atoms with van der Waals surface area (Å²) < 4.78 is 11.4. The number of carbonyl (C=O) groups excluding carboxylic acids is 1. The molecule has 0 aliphatic rings. The van der Waals surface area contributed by atoms with Crippen LogP contribution in [0.1, 0.15) is 13.8 Å². The molecular weight excluding hydrogens is 319 g/mol. The molecule has 1 aromatic rings. The van der Waals surface area contributed by atoms with Crippen LogP contribution in [0.25, 0.3) is 0 Å². The first-order valence-corrected chi connectivity index (χ1v) is 6.00. The number of carbonyl (C=O) groups is 1. The van der Waals surface area contributed by atoms with Gasteiger partial charge in [0.2, 0.25) is 0 Å². The zero-order valence-electron chi connectivity index (χ0n) is 9.62. The highest BCUT2D eigenvalue weighted by Crippen LogP contribution is 2.20. The Balaban J connectivity index is 2.57. The van der Waals surface area contributed by atoms with E-state index in [-0.39, 0.29) is 5.97 Å². The van der Waals surface area contributed by atoms with Crippen LogP contribution in [0.15, 0.2) is 24.3 Å². The molecule has 16 heavy (non-hydrogen) atoms. The third kappa shape index (κ3) is 3.66. The van der Waals surface area contributed by atoms with E-state index >= 15 is 0 Å². The van der Waals surface area contributed by atoms with Crippen LogP contribution in [0.2, 0.25) is 0 Å². The minimum absolute atomic E-state index is 0.266. The van der Waals surface area contributed by atoms with Crippen LogP contribution >= 0.6 is 22.6 Å². The molecule has 1 rings (SSSR count). The van der Waals surface area contributed by atoms with Crippen LogP contribution < -0.4 is 4.74 Å². The van der Waals surface area contributed by atoms with Crippen molar-refractivity contribution in [1.82, 2.24) is 0 Å². The van der Waals surface area contributed by atoms with E-state index in [4.69, 9.17) is 9.47 Å². The summed E-state index contributed by atoms with van der Waals surface area (Å²) in [6.45, 7) is 3.90. The van der Waals surface area contributed by atoms with Gasteiger partial charge in [0, 0.05) is 3.57 Å². The van der Waals surface area contributed by atoms with E-state index in [2.05, 4.69) is 22.6 Å². The Morgan fingerprint density at radius 1 is 1.31 bits per heavy atom. The third-order valence-corrected chi connectivity index (χ3v) is 2.87. The summed E-state index contributed by atoms with van der Waals surface area (Å²) in [6.07, 6.45) is 0. The van der Waals surface area contributed by atoms with Crippen molar-refractivity contribution >= 4 is 28.6 Å². The predicted octanol–water partition coefficient (Wildman–Crippen LogP) is 2.87. The molecule has 0 heterocycles. The number of esters is 1. The summed E-state index contributed by atoms with van der Waals surface area (Å²) in [5, 5.41) is 0. The number of methoxy groups -OCH3 is 1. The second-order valence-corrected chi connectivity index (χ2v) is 5.36. The predicted molar refractivity (Wildman–Crippen MR) is 70.5 cm³/mol. The standard InChI is InChI=1S/C12H15IO3/c1-12(2,11(14)15-3)8-16-10-6-4-9(13)5-7-10/h4-7H,8H2,1-3H3. The molecule has 0 saturated heterocycles. The molecule has 4 heteroatoms. The molecule has 88 valence electrons. The molecule has 0 bridgehead atoms. The van der Waals surface area contributed by atoms with Gasteiger partial charge in [-0.15, -0.1) is 0 Å². The van der Waals surface area contributed by atoms with Crippen molar-refractivity contribution in [3.05, 3.63) is 27.8 Å². The van der Waals surface area contributed by atoms with Crippen molar-refractivity contribution in [2.24, 2.45) is 5.41 Å². The summed E-state index contributed by atoms with van der Waals surface area (Å²) in [5.74, 6) is 0.496. The fourth-order valence-electron chi connectivity index (χ4n) is 1.13. The van der Waals surface area contributed by atoms with Crippen molar-refractivity contribution in [2.75, 3.05) is 13.7 Å². The molecule has 1 aromatic carbocycles. The average molecular weight is 334 g/mol. The molecule has 0 aliphatic heterocycles. The molecule has 0 N–H and O–H groups in total. The van der Waals surface area contributed by atoms with Crippen LogP contribution in [0.5, 0.6) is 5.75 Å². The smallest absolute Gasteiger partial charge is 0.314 e. The molecule has 0 fully saturated rings. The molecule has 0 aliphatic carbocycles. The van der Waals surface area contributed by atoms with Crippen molar-refractivity contribution < 1.29 is 14.3 Å². The largest absolute Gasteiger partial charge is 0.492 e. The lowest BCUT2D eigenvalue weighted by Crippen LogP contribution is -2.32. The van der Waals surface area contributed by atoms with E-state index in [9.17, 15) is 4.79 Å². The number of ether oxygens (including phenoxy) is 2. The monoisotopic (exact) mass is 334 g/mol. The Kier molecular flexibility index (Phi) is 4.58. The quantitative estimate of drug-likeness (QED) is 0.627. The summed E-state index contributed by atoms with van der Waals surface area (Å²) in [6, 6.07) is 7.69. The van der Waals surface area contributed by atoms with E-state index in [1.807, 2.05) is 24.3 Å². The second-order valence-electron chi connectivity index (χ2n) is 4.12. The lowest BCUT2D eigenvalue weighted by Gasteiger charge is -2.21. The average Bonchev–Trinajstić information content (AvgIpc) is 2.27. The molecule has 0 saturated carbocycles. The van der Waals surface area contributed by atoms with Crippen LogP contribution in [0, 0.1) is 8.99 Å². The molecule has 3 nitrogen and oxygen atoms in total. The van der Waals surface area contributed by atoms with Crippen molar-refractivity contribution in [3.8, 4) is 5.75 Å². The van der Waals surface area contributed by atoms with Gasteiger partial charge in [-0.25, -0.2) is 0 Å². The number of benzene rings is 1. The van der Waals surface area contributed by atoms with Gasteiger partial charge in [0.15, 0.2) is 0 Å². The minimum atomic E-state index is -0.627. The van der Waals surface area contributed by atoms with E-state index in [0.717, 1.165) is 9.32 Å². The van der Waals surface area contributed by atoms with Gasteiger partial charge in [0.1, 0.15) is 12.4 Å². The molecule has 0 radical (unpaired) electrons. The Hall–Kier alpha value is -0.780. The van der Waals surface area contributed by atoms with Crippen LogP contribution in [-0.4, -0.2) is 19.7 Å². The highest BCUT2D eigenvalue weighted by Gasteiger charge is 2.29. The van der Waals surface area contributed by atoms with Crippen molar-refractivity contribution in [1.29, 1.82) is 0 Å².